The van der Waals surface area contributed by atoms with Gasteiger partial charge in [0.2, 0.25) is 0 Å². The van der Waals surface area contributed by atoms with E-state index >= 15 is 0 Å². The molecule has 0 saturated carbocycles. The van der Waals surface area contributed by atoms with Crippen molar-refractivity contribution in [3.8, 4) is 0 Å². The summed E-state index contributed by atoms with van der Waals surface area (Å²) in [5, 5.41) is 0. The summed E-state index contributed by atoms with van der Waals surface area (Å²) in [6.45, 7) is 7.71. The summed E-state index contributed by atoms with van der Waals surface area (Å²) < 4.78 is 5.53. The fourth-order valence-corrected chi connectivity index (χ4v) is 1.44. The number of hydrogen-bond acceptors (Lipinski definition) is 1. The zero-order chi connectivity index (χ0) is 6.85. The summed E-state index contributed by atoms with van der Waals surface area (Å²) in [5.41, 5.74) is 0. The summed E-state index contributed by atoms with van der Waals surface area (Å²) in [6, 6.07) is 0. The van der Waals surface area contributed by atoms with Crippen molar-refractivity contribution in [3.63, 3.8) is 0 Å². The Morgan fingerprint density at radius 2 is 2.11 bits per heavy atom. The van der Waals surface area contributed by atoms with Crippen molar-refractivity contribution in [1.82, 2.24) is 0 Å². The van der Waals surface area contributed by atoms with Gasteiger partial charge in [-0.15, -0.1) is 0 Å². The Morgan fingerprint density at radius 1 is 1.44 bits per heavy atom. The highest BCUT2D eigenvalue weighted by molar-refractivity contribution is 4.76. The molecule has 1 nitrogen and oxygen atoms in total. The van der Waals surface area contributed by atoms with Gasteiger partial charge in [0.15, 0.2) is 0 Å². The maximum atomic E-state index is 5.53. The Hall–Kier alpha value is -0.0400. The summed E-state index contributed by atoms with van der Waals surface area (Å²) in [4.78, 5) is 0. The minimum atomic E-state index is 0.542. The number of ether oxygens (including phenoxy) is 1. The Balaban J connectivity index is 2.41. The van der Waals surface area contributed by atoms with Crippen LogP contribution >= 0.6 is 0 Å². The molecule has 0 aromatic heterocycles. The molecule has 1 saturated heterocycles. The quantitative estimate of drug-likeness (QED) is 0.525. The van der Waals surface area contributed by atoms with Gasteiger partial charge < -0.3 is 4.74 Å². The molecule has 1 heteroatoms. The van der Waals surface area contributed by atoms with Gasteiger partial charge >= 0.3 is 0 Å². The molecule has 3 unspecified atom stereocenters. The van der Waals surface area contributed by atoms with E-state index in [0.717, 1.165) is 18.4 Å². The Kier molecular flexibility index (Phi) is 2.12. The van der Waals surface area contributed by atoms with Crippen molar-refractivity contribution in [2.75, 3.05) is 6.61 Å². The highest BCUT2D eigenvalue weighted by atomic mass is 16.5. The molecule has 0 aliphatic carbocycles. The predicted molar refractivity (Wildman–Crippen MR) is 38.4 cm³/mol. The topological polar surface area (TPSA) is 9.23 Å². The second-order valence-electron chi connectivity index (χ2n) is 3.12. The van der Waals surface area contributed by atoms with Gasteiger partial charge in [0.1, 0.15) is 0 Å². The number of rotatable bonds is 1. The molecule has 1 fully saturated rings. The zero-order valence-electron chi connectivity index (χ0n) is 6.55. The van der Waals surface area contributed by atoms with Crippen molar-refractivity contribution >= 4 is 0 Å². The van der Waals surface area contributed by atoms with Gasteiger partial charge in [-0.25, -0.2) is 0 Å². The van der Waals surface area contributed by atoms with Crippen molar-refractivity contribution in [2.24, 2.45) is 11.8 Å². The van der Waals surface area contributed by atoms with Crippen molar-refractivity contribution < 1.29 is 4.74 Å². The summed E-state index contributed by atoms with van der Waals surface area (Å²) >= 11 is 0. The van der Waals surface area contributed by atoms with Crippen molar-refractivity contribution in [3.05, 3.63) is 0 Å². The van der Waals surface area contributed by atoms with Crippen LogP contribution in [0, 0.1) is 11.8 Å². The zero-order valence-corrected chi connectivity index (χ0v) is 6.55. The Morgan fingerprint density at radius 3 is 2.33 bits per heavy atom. The molecule has 0 radical (unpaired) electrons. The van der Waals surface area contributed by atoms with E-state index in [1.165, 1.54) is 6.42 Å². The van der Waals surface area contributed by atoms with Crippen LogP contribution < -0.4 is 0 Å². The van der Waals surface area contributed by atoms with Gasteiger partial charge in [-0.1, -0.05) is 20.8 Å². The van der Waals surface area contributed by atoms with Gasteiger partial charge in [-0.2, -0.15) is 0 Å². The van der Waals surface area contributed by atoms with Gasteiger partial charge in [0, 0.05) is 6.61 Å². The molecular weight excluding hydrogens is 112 g/mol. The second-order valence-corrected chi connectivity index (χ2v) is 3.12. The van der Waals surface area contributed by atoms with Crippen LogP contribution in [0.2, 0.25) is 0 Å². The lowest BCUT2D eigenvalue weighted by Gasteiger charge is -2.12. The van der Waals surface area contributed by atoms with Crippen LogP contribution in [-0.2, 0) is 4.74 Å². The molecule has 1 aliphatic rings. The molecule has 0 spiro atoms. The summed E-state index contributed by atoms with van der Waals surface area (Å²) in [7, 11) is 0. The molecule has 9 heavy (non-hydrogen) atoms. The molecule has 0 aromatic rings. The van der Waals surface area contributed by atoms with Crippen molar-refractivity contribution in [1.29, 1.82) is 0 Å². The van der Waals surface area contributed by atoms with E-state index in [1.807, 2.05) is 0 Å². The first-order chi connectivity index (χ1) is 4.25. The molecule has 1 heterocycles. The monoisotopic (exact) mass is 128 g/mol. The van der Waals surface area contributed by atoms with Crippen LogP contribution in [0.15, 0.2) is 0 Å². The van der Waals surface area contributed by atoms with Gasteiger partial charge in [-0.05, 0) is 18.3 Å². The van der Waals surface area contributed by atoms with E-state index in [-0.39, 0.29) is 0 Å². The molecule has 0 amide bonds. The van der Waals surface area contributed by atoms with Crippen LogP contribution in [0.1, 0.15) is 27.2 Å². The third-order valence-corrected chi connectivity index (χ3v) is 2.46. The first-order valence-electron chi connectivity index (χ1n) is 3.87. The lowest BCUT2D eigenvalue weighted by Crippen LogP contribution is -2.14. The van der Waals surface area contributed by atoms with Crippen LogP contribution in [0.3, 0.4) is 0 Å². The molecule has 1 rings (SSSR count). The molecule has 1 aliphatic heterocycles. The summed E-state index contributed by atoms with van der Waals surface area (Å²) in [6.07, 6.45) is 1.71. The molecule has 0 bridgehead atoms. The fraction of sp³-hybridized carbons (Fsp3) is 1.00. The van der Waals surface area contributed by atoms with Crippen LogP contribution in [-0.4, -0.2) is 12.7 Å². The van der Waals surface area contributed by atoms with E-state index in [4.69, 9.17) is 4.74 Å². The standard InChI is InChI=1S/C8H16O/c1-4-8-7(3)6(2)5-9-8/h6-8H,4-5H2,1-3H3. The van der Waals surface area contributed by atoms with Crippen molar-refractivity contribution in [2.45, 2.75) is 33.3 Å². The molecule has 0 aromatic carbocycles. The van der Waals surface area contributed by atoms with E-state index in [9.17, 15) is 0 Å². The SMILES string of the molecule is CCC1OCC(C)C1C. The average Bonchev–Trinajstić information content (AvgIpc) is 2.15. The smallest absolute Gasteiger partial charge is 0.0601 e. The third kappa shape index (κ3) is 1.26. The van der Waals surface area contributed by atoms with Crippen LogP contribution in [0.25, 0.3) is 0 Å². The minimum absolute atomic E-state index is 0.542. The van der Waals surface area contributed by atoms with Crippen LogP contribution in [0.4, 0.5) is 0 Å². The predicted octanol–water partition coefficient (Wildman–Crippen LogP) is 2.07. The van der Waals surface area contributed by atoms with Gasteiger partial charge in [-0.3, -0.25) is 0 Å². The largest absolute Gasteiger partial charge is 0.378 e. The maximum Gasteiger partial charge on any atom is 0.0601 e. The Labute approximate surface area is 57.4 Å². The van der Waals surface area contributed by atoms with Gasteiger partial charge in [0.05, 0.1) is 6.10 Å². The van der Waals surface area contributed by atoms with E-state index in [1.54, 1.807) is 0 Å². The highest BCUT2D eigenvalue weighted by Gasteiger charge is 2.28. The van der Waals surface area contributed by atoms with E-state index in [2.05, 4.69) is 20.8 Å². The lowest BCUT2D eigenvalue weighted by atomic mass is 9.93. The second kappa shape index (κ2) is 2.70. The Bertz CT molecular complexity index is 90.6. The fourth-order valence-electron chi connectivity index (χ4n) is 1.44. The van der Waals surface area contributed by atoms with Crippen LogP contribution in [0.5, 0.6) is 0 Å². The van der Waals surface area contributed by atoms with E-state index in [0.29, 0.717) is 6.10 Å². The first-order valence-corrected chi connectivity index (χ1v) is 3.87. The normalized spacial score (nSPS) is 43.7. The third-order valence-electron chi connectivity index (χ3n) is 2.46. The van der Waals surface area contributed by atoms with Gasteiger partial charge in [0.25, 0.3) is 0 Å². The molecule has 0 N–H and O–H groups in total. The lowest BCUT2D eigenvalue weighted by molar-refractivity contribution is 0.0904. The first kappa shape index (κ1) is 7.07. The van der Waals surface area contributed by atoms with E-state index < -0.39 is 0 Å². The molecule has 3 atom stereocenters. The summed E-state index contributed by atoms with van der Waals surface area (Å²) in [5.74, 6) is 1.55. The minimum Gasteiger partial charge on any atom is -0.378 e. The highest BCUT2D eigenvalue weighted by Crippen LogP contribution is 2.27. The maximum absolute atomic E-state index is 5.53. The molecular formula is C8H16O. The average molecular weight is 128 g/mol. The number of hydrogen-bond donors (Lipinski definition) is 0. The molecule has 54 valence electrons.